The molecule has 0 aliphatic rings. The molecule has 0 spiro atoms. The van der Waals surface area contributed by atoms with Crippen molar-refractivity contribution in [1.29, 1.82) is 0 Å². The summed E-state index contributed by atoms with van der Waals surface area (Å²) in [6.07, 6.45) is 1.34. The topological polar surface area (TPSA) is 132 Å². The first-order valence-electron chi connectivity index (χ1n) is 12.1. The average molecular weight is 562 g/mol. The second-order valence-corrected chi connectivity index (χ2v) is 10.5. The zero-order valence-corrected chi connectivity index (χ0v) is 22.8. The summed E-state index contributed by atoms with van der Waals surface area (Å²) in [5.74, 6) is -1.25. The number of hydrogen-bond donors (Lipinski definition) is 1. The minimum absolute atomic E-state index is 0.0779. The molecule has 4 rings (SSSR count). The van der Waals surface area contributed by atoms with Gasteiger partial charge in [0.05, 0.1) is 35.2 Å². The molecule has 0 saturated heterocycles. The van der Waals surface area contributed by atoms with E-state index in [0.29, 0.717) is 22.5 Å². The number of nitrogens with one attached hydrogen (secondary N) is 1. The van der Waals surface area contributed by atoms with Crippen molar-refractivity contribution >= 4 is 33.8 Å². The lowest BCUT2D eigenvalue weighted by Crippen LogP contribution is -2.42. The third-order valence-electron chi connectivity index (χ3n) is 6.13. The molecule has 12 heteroatoms. The first-order valence-corrected chi connectivity index (χ1v) is 13.5. The highest BCUT2D eigenvalue weighted by Crippen LogP contribution is 2.25. The van der Waals surface area contributed by atoms with E-state index in [2.05, 4.69) is 15.3 Å². The van der Waals surface area contributed by atoms with Crippen molar-refractivity contribution in [1.82, 2.24) is 14.8 Å². The fraction of sp³-hybridized carbons (Fsp3) is 0.143. The van der Waals surface area contributed by atoms with Crippen molar-refractivity contribution in [2.75, 3.05) is 18.0 Å². The summed E-state index contributed by atoms with van der Waals surface area (Å²) in [6, 6.07) is 22.6. The lowest BCUT2D eigenvalue weighted by molar-refractivity contribution is -0.119. The van der Waals surface area contributed by atoms with Gasteiger partial charge in [0, 0.05) is 7.05 Å². The van der Waals surface area contributed by atoms with E-state index in [1.165, 1.54) is 34.8 Å². The summed E-state index contributed by atoms with van der Waals surface area (Å²) in [5, 5.41) is 3.90. The number of benzene rings is 3. The Bertz CT molecular complexity index is 1710. The van der Waals surface area contributed by atoms with Crippen LogP contribution in [0, 0.1) is 6.92 Å². The molecule has 0 fully saturated rings. The van der Waals surface area contributed by atoms with Gasteiger partial charge in [-0.1, -0.05) is 48.5 Å². The predicted octanol–water partition coefficient (Wildman–Crippen LogP) is 2.62. The van der Waals surface area contributed by atoms with Crippen LogP contribution in [0.4, 0.5) is 5.69 Å². The van der Waals surface area contributed by atoms with Gasteiger partial charge in [-0.2, -0.15) is 5.10 Å². The van der Waals surface area contributed by atoms with Gasteiger partial charge in [0.1, 0.15) is 12.2 Å². The summed E-state index contributed by atoms with van der Waals surface area (Å²) in [5.41, 5.74) is 3.35. The zero-order valence-electron chi connectivity index (χ0n) is 22.0. The molecule has 1 N–H and O–H groups in total. The molecule has 0 aliphatic heterocycles. The molecule has 0 atom stereocenters. The van der Waals surface area contributed by atoms with Crippen molar-refractivity contribution < 1.29 is 22.7 Å². The van der Waals surface area contributed by atoms with E-state index in [-0.39, 0.29) is 10.6 Å². The number of ether oxygens (including phenoxy) is 1. The van der Waals surface area contributed by atoms with Gasteiger partial charge < -0.3 is 4.74 Å². The van der Waals surface area contributed by atoms with E-state index in [4.69, 9.17) is 0 Å². The lowest BCUT2D eigenvalue weighted by Gasteiger charge is -2.22. The van der Waals surface area contributed by atoms with E-state index >= 15 is 0 Å². The molecule has 0 saturated carbocycles. The Morgan fingerprint density at radius 3 is 2.17 bits per heavy atom. The van der Waals surface area contributed by atoms with Crippen molar-refractivity contribution in [3.05, 3.63) is 112 Å². The molecule has 1 heterocycles. The van der Waals surface area contributed by atoms with Crippen molar-refractivity contribution in [2.45, 2.75) is 11.8 Å². The number of methoxy groups -OCH3 is 1. The Labute approximate surface area is 231 Å². The predicted molar refractivity (Wildman–Crippen MR) is 150 cm³/mol. The molecule has 0 unspecified atom stereocenters. The molecule has 40 heavy (non-hydrogen) atoms. The largest absolute Gasteiger partial charge is 0.465 e. The lowest BCUT2D eigenvalue weighted by atomic mass is 10.1. The minimum atomic E-state index is -4.32. The fourth-order valence-corrected chi connectivity index (χ4v) is 5.51. The molecule has 4 aromatic rings. The Morgan fingerprint density at radius 1 is 0.975 bits per heavy atom. The maximum Gasteiger partial charge on any atom is 0.337 e. The Hall–Kier alpha value is -4.97. The second-order valence-electron chi connectivity index (χ2n) is 8.64. The zero-order chi connectivity index (χ0) is 28.9. The van der Waals surface area contributed by atoms with Gasteiger partial charge in [0.25, 0.3) is 21.5 Å². The van der Waals surface area contributed by atoms with Gasteiger partial charge in [0.15, 0.2) is 0 Å². The fourth-order valence-electron chi connectivity index (χ4n) is 4.01. The summed E-state index contributed by atoms with van der Waals surface area (Å²) in [6.45, 7) is 0.905. The molecule has 11 nitrogen and oxygen atoms in total. The van der Waals surface area contributed by atoms with Crippen molar-refractivity contribution in [2.24, 2.45) is 12.1 Å². The summed E-state index contributed by atoms with van der Waals surface area (Å²) in [7, 11) is -1.41. The van der Waals surface area contributed by atoms with Crippen LogP contribution in [0.1, 0.15) is 21.6 Å². The van der Waals surface area contributed by atoms with Crippen LogP contribution in [0.15, 0.2) is 99.7 Å². The standard InChI is InChI=1S/C28H27N5O6S/c1-20-26(27(35)33(31(20)2)23-10-6-4-7-11-23)32(40(37,38)24-12-8-5-9-13-24)19-25(34)30-29-18-21-14-16-22(17-15-21)28(36)39-3/h4-18H,19H2,1-3H3,(H,30,34)/b29-18-. The van der Waals surface area contributed by atoms with Crippen LogP contribution in [0.25, 0.3) is 5.69 Å². The molecule has 1 aromatic heterocycles. The van der Waals surface area contributed by atoms with Crippen molar-refractivity contribution in [3.63, 3.8) is 0 Å². The van der Waals surface area contributed by atoms with Crippen LogP contribution in [0.3, 0.4) is 0 Å². The van der Waals surface area contributed by atoms with Crippen LogP contribution in [0.5, 0.6) is 0 Å². The number of hydrogen-bond acceptors (Lipinski definition) is 7. The smallest absolute Gasteiger partial charge is 0.337 e. The number of hydrazone groups is 1. The molecule has 0 bridgehead atoms. The first kappa shape index (κ1) is 28.0. The monoisotopic (exact) mass is 561 g/mol. The first-order chi connectivity index (χ1) is 19.1. The molecular weight excluding hydrogens is 534 g/mol. The van der Waals surface area contributed by atoms with Crippen LogP contribution < -0.4 is 15.3 Å². The van der Waals surface area contributed by atoms with Crippen LogP contribution in [-0.4, -0.2) is 49.5 Å². The highest BCUT2D eigenvalue weighted by atomic mass is 32.2. The maximum absolute atomic E-state index is 13.7. The average Bonchev–Trinajstić information content (AvgIpc) is 3.19. The number of anilines is 1. The van der Waals surface area contributed by atoms with Crippen LogP contribution in [-0.2, 0) is 26.6 Å². The molecule has 0 radical (unpaired) electrons. The molecule has 0 aliphatic carbocycles. The quantitative estimate of drug-likeness (QED) is 0.190. The van der Waals surface area contributed by atoms with Gasteiger partial charge in [0.2, 0.25) is 0 Å². The second kappa shape index (κ2) is 11.8. The Kier molecular flexibility index (Phi) is 8.29. The third-order valence-corrected chi connectivity index (χ3v) is 7.89. The van der Waals surface area contributed by atoms with Gasteiger partial charge in [-0.3, -0.25) is 14.3 Å². The molecule has 206 valence electrons. The summed E-state index contributed by atoms with van der Waals surface area (Å²) >= 11 is 0. The molecule has 3 aromatic carbocycles. The van der Waals surface area contributed by atoms with E-state index in [9.17, 15) is 22.8 Å². The Morgan fingerprint density at radius 2 is 1.57 bits per heavy atom. The number of sulfonamides is 1. The third kappa shape index (κ3) is 5.71. The SMILES string of the molecule is COC(=O)c1ccc(/C=N\NC(=O)CN(c2c(C)n(C)n(-c3ccccc3)c2=O)S(=O)(=O)c2ccccc2)cc1. The van der Waals surface area contributed by atoms with Gasteiger partial charge in [-0.15, -0.1) is 0 Å². The summed E-state index contributed by atoms with van der Waals surface area (Å²) in [4.78, 5) is 38.1. The highest BCUT2D eigenvalue weighted by molar-refractivity contribution is 7.92. The van der Waals surface area contributed by atoms with Crippen molar-refractivity contribution in [3.8, 4) is 5.69 Å². The van der Waals surface area contributed by atoms with Crippen LogP contribution >= 0.6 is 0 Å². The number of carbonyl (C=O) groups is 2. The van der Waals surface area contributed by atoms with Crippen LogP contribution in [0.2, 0.25) is 0 Å². The number of amides is 1. The number of carbonyl (C=O) groups excluding carboxylic acids is 2. The molecule has 1 amide bonds. The molecular formula is C28H27N5O6S. The minimum Gasteiger partial charge on any atom is -0.465 e. The normalized spacial score (nSPS) is 11.4. The number of aromatic nitrogens is 2. The van der Waals surface area contributed by atoms with E-state index < -0.39 is 34.0 Å². The maximum atomic E-state index is 13.7. The number of nitrogens with zero attached hydrogens (tertiary/aromatic N) is 4. The highest BCUT2D eigenvalue weighted by Gasteiger charge is 2.33. The number of esters is 1. The van der Waals surface area contributed by atoms with E-state index in [0.717, 1.165) is 4.31 Å². The van der Waals surface area contributed by atoms with Gasteiger partial charge in [-0.25, -0.2) is 27.6 Å². The van der Waals surface area contributed by atoms with Gasteiger partial charge in [-0.05, 0) is 48.9 Å². The number of para-hydroxylation sites is 1. The van der Waals surface area contributed by atoms with E-state index in [1.54, 1.807) is 86.8 Å². The Balaban J connectivity index is 1.67. The van der Waals surface area contributed by atoms with Gasteiger partial charge >= 0.3 is 5.97 Å². The summed E-state index contributed by atoms with van der Waals surface area (Å²) < 4.78 is 35.8. The number of rotatable bonds is 9. The van der Waals surface area contributed by atoms with E-state index in [1.807, 2.05) is 0 Å².